The first kappa shape index (κ1) is 11.7. The molecule has 4 heteroatoms. The number of carbonyl (C=O) groups is 2. The Balaban J connectivity index is 4.09. The third-order valence-corrected chi connectivity index (χ3v) is 1.25. The molecular formula is C9H12O4. The molecule has 0 radical (unpaired) electrons. The quantitative estimate of drug-likeness (QED) is 0.288. The minimum Gasteiger partial charge on any atom is -0.456 e. The molecule has 1 atom stereocenters. The molecule has 1 unspecified atom stereocenters. The van der Waals surface area contributed by atoms with E-state index in [1.165, 1.54) is 0 Å². The van der Waals surface area contributed by atoms with Gasteiger partial charge < -0.3 is 9.84 Å². The van der Waals surface area contributed by atoms with Crippen molar-refractivity contribution in [3.63, 3.8) is 0 Å². The van der Waals surface area contributed by atoms with Crippen molar-refractivity contribution in [2.75, 3.05) is 6.61 Å². The molecule has 0 rings (SSSR count). The summed E-state index contributed by atoms with van der Waals surface area (Å²) >= 11 is 0. The zero-order valence-electron chi connectivity index (χ0n) is 7.66. The van der Waals surface area contributed by atoms with E-state index in [-0.39, 0.29) is 13.0 Å². The van der Waals surface area contributed by atoms with Gasteiger partial charge in [-0.3, -0.25) is 4.79 Å². The van der Waals surface area contributed by atoms with Crippen LogP contribution in [0.15, 0.2) is 0 Å². The van der Waals surface area contributed by atoms with Gasteiger partial charge in [0.05, 0.1) is 6.61 Å². The van der Waals surface area contributed by atoms with Gasteiger partial charge in [-0.2, -0.15) is 0 Å². The van der Waals surface area contributed by atoms with Crippen molar-refractivity contribution < 1.29 is 19.4 Å². The maximum atomic E-state index is 10.9. The molecule has 0 amide bonds. The summed E-state index contributed by atoms with van der Waals surface area (Å²) < 4.78 is 4.46. The molecule has 0 aliphatic rings. The highest BCUT2D eigenvalue weighted by atomic mass is 16.5. The maximum absolute atomic E-state index is 10.9. The van der Waals surface area contributed by atoms with Crippen LogP contribution >= 0.6 is 0 Å². The highest BCUT2D eigenvalue weighted by Crippen LogP contribution is 1.89. The van der Waals surface area contributed by atoms with Crippen molar-refractivity contribution in [1.82, 2.24) is 0 Å². The standard InChI is InChI=1S/C9H12O4/c1-3-7(10)8(11)5-6-9(12)13-4-2/h7,10H,3-4H2,1-2H3. The van der Waals surface area contributed by atoms with Crippen molar-refractivity contribution in [2.24, 2.45) is 0 Å². The number of aliphatic hydroxyl groups excluding tert-OH is 1. The van der Waals surface area contributed by atoms with E-state index in [1.54, 1.807) is 13.8 Å². The van der Waals surface area contributed by atoms with Gasteiger partial charge in [-0.1, -0.05) is 6.92 Å². The van der Waals surface area contributed by atoms with Gasteiger partial charge in [0.1, 0.15) is 6.10 Å². The van der Waals surface area contributed by atoms with Crippen LogP contribution in [-0.2, 0) is 14.3 Å². The minimum atomic E-state index is -1.11. The number of carbonyl (C=O) groups excluding carboxylic acids is 2. The number of ketones is 1. The summed E-state index contributed by atoms with van der Waals surface area (Å²) in [5.74, 6) is 2.57. The van der Waals surface area contributed by atoms with Crippen molar-refractivity contribution >= 4 is 11.8 Å². The summed E-state index contributed by atoms with van der Waals surface area (Å²) in [6.45, 7) is 3.51. The zero-order valence-corrected chi connectivity index (χ0v) is 7.66. The van der Waals surface area contributed by atoms with Gasteiger partial charge in [0, 0.05) is 5.92 Å². The molecule has 4 nitrogen and oxygen atoms in total. The first-order valence-corrected chi connectivity index (χ1v) is 4.02. The molecule has 0 aliphatic heterocycles. The van der Waals surface area contributed by atoms with Crippen LogP contribution in [0.25, 0.3) is 0 Å². The van der Waals surface area contributed by atoms with E-state index in [9.17, 15) is 9.59 Å². The molecule has 0 saturated heterocycles. The minimum absolute atomic E-state index is 0.220. The van der Waals surface area contributed by atoms with Crippen LogP contribution in [0, 0.1) is 11.8 Å². The van der Waals surface area contributed by atoms with E-state index >= 15 is 0 Å². The normalized spacial score (nSPS) is 11.0. The molecule has 0 bridgehead atoms. The topological polar surface area (TPSA) is 63.6 Å². The predicted octanol–water partition coefficient (Wildman–Crippen LogP) is -0.107. The van der Waals surface area contributed by atoms with Crippen LogP contribution in [0.5, 0.6) is 0 Å². The van der Waals surface area contributed by atoms with E-state index in [4.69, 9.17) is 5.11 Å². The van der Waals surface area contributed by atoms with Crippen molar-refractivity contribution in [1.29, 1.82) is 0 Å². The van der Waals surface area contributed by atoms with Crippen molar-refractivity contribution in [3.8, 4) is 11.8 Å². The first-order chi connectivity index (χ1) is 6.11. The number of aliphatic hydroxyl groups is 1. The summed E-state index contributed by atoms with van der Waals surface area (Å²) in [6.07, 6.45) is -0.821. The average molecular weight is 184 g/mol. The maximum Gasteiger partial charge on any atom is 0.384 e. The molecule has 72 valence electrons. The highest BCUT2D eigenvalue weighted by molar-refractivity contribution is 6.04. The van der Waals surface area contributed by atoms with Crippen molar-refractivity contribution in [2.45, 2.75) is 26.4 Å². The van der Waals surface area contributed by atoms with Crippen molar-refractivity contribution in [3.05, 3.63) is 0 Å². The SMILES string of the molecule is CCOC(=O)C#CC(=O)C(O)CC. The largest absolute Gasteiger partial charge is 0.456 e. The summed E-state index contributed by atoms with van der Waals surface area (Å²) in [5, 5.41) is 8.97. The lowest BCUT2D eigenvalue weighted by molar-refractivity contribution is -0.136. The zero-order chi connectivity index (χ0) is 10.3. The number of hydrogen-bond acceptors (Lipinski definition) is 4. The Bertz CT molecular complexity index is 246. The third kappa shape index (κ3) is 4.99. The first-order valence-electron chi connectivity index (χ1n) is 4.02. The van der Waals surface area contributed by atoms with E-state index in [0.717, 1.165) is 0 Å². The Kier molecular flexibility index (Phi) is 5.57. The molecule has 0 aromatic heterocycles. The number of hydrogen-bond donors (Lipinski definition) is 1. The van der Waals surface area contributed by atoms with E-state index in [1.807, 2.05) is 11.8 Å². The fourth-order valence-electron chi connectivity index (χ4n) is 0.549. The molecule has 13 heavy (non-hydrogen) atoms. The van der Waals surface area contributed by atoms with Gasteiger partial charge in [-0.25, -0.2) is 4.79 Å². The van der Waals surface area contributed by atoms with Gasteiger partial charge in [-0.05, 0) is 19.3 Å². The summed E-state index contributed by atoms with van der Waals surface area (Å²) in [7, 11) is 0. The third-order valence-electron chi connectivity index (χ3n) is 1.25. The van der Waals surface area contributed by atoms with Crippen LogP contribution in [0.3, 0.4) is 0 Å². The second-order valence-electron chi connectivity index (χ2n) is 2.26. The molecular weight excluding hydrogens is 172 g/mol. The fraction of sp³-hybridized carbons (Fsp3) is 0.556. The molecule has 0 heterocycles. The van der Waals surface area contributed by atoms with Crippen LogP contribution in [0.2, 0.25) is 0 Å². The lowest BCUT2D eigenvalue weighted by Crippen LogP contribution is -2.17. The molecule has 0 saturated carbocycles. The highest BCUT2D eigenvalue weighted by Gasteiger charge is 2.09. The van der Waals surface area contributed by atoms with Gasteiger partial charge >= 0.3 is 5.97 Å². The molecule has 0 aliphatic carbocycles. The predicted molar refractivity (Wildman–Crippen MR) is 45.7 cm³/mol. The Morgan fingerprint density at radius 2 is 2.00 bits per heavy atom. The number of rotatable bonds is 3. The number of Topliss-reactive ketones (excluding diaryl/α,β-unsaturated/α-hetero) is 1. The van der Waals surface area contributed by atoms with E-state index in [2.05, 4.69) is 4.74 Å². The van der Waals surface area contributed by atoms with Crippen LogP contribution in [0.1, 0.15) is 20.3 Å². The van der Waals surface area contributed by atoms with E-state index < -0.39 is 17.9 Å². The molecule has 0 fully saturated rings. The monoisotopic (exact) mass is 184 g/mol. The van der Waals surface area contributed by atoms with E-state index in [0.29, 0.717) is 0 Å². The summed E-state index contributed by atoms with van der Waals surface area (Å²) in [4.78, 5) is 21.5. The Labute approximate surface area is 76.9 Å². The number of ether oxygens (including phenoxy) is 1. The second kappa shape index (κ2) is 6.21. The Morgan fingerprint density at radius 3 is 2.46 bits per heavy atom. The summed E-state index contributed by atoms with van der Waals surface area (Å²) in [6, 6.07) is 0. The lowest BCUT2D eigenvalue weighted by atomic mass is 10.2. The van der Waals surface area contributed by atoms with Gasteiger partial charge in [0.15, 0.2) is 0 Å². The molecule has 0 aromatic carbocycles. The number of esters is 1. The second-order valence-corrected chi connectivity index (χ2v) is 2.26. The van der Waals surface area contributed by atoms with Gasteiger partial charge in [-0.15, -0.1) is 0 Å². The van der Waals surface area contributed by atoms with Gasteiger partial charge in [0.25, 0.3) is 0 Å². The summed E-state index contributed by atoms with van der Waals surface area (Å²) in [5.41, 5.74) is 0. The lowest BCUT2D eigenvalue weighted by Gasteiger charge is -1.98. The van der Waals surface area contributed by atoms with Crippen LogP contribution in [-0.4, -0.2) is 29.6 Å². The average Bonchev–Trinajstić information content (AvgIpc) is 2.13. The molecule has 1 N–H and O–H groups in total. The van der Waals surface area contributed by atoms with Crippen LogP contribution < -0.4 is 0 Å². The smallest absolute Gasteiger partial charge is 0.384 e. The fourth-order valence-corrected chi connectivity index (χ4v) is 0.549. The van der Waals surface area contributed by atoms with Gasteiger partial charge in [0.2, 0.25) is 5.78 Å². The van der Waals surface area contributed by atoms with Crippen LogP contribution in [0.4, 0.5) is 0 Å². The Hall–Kier alpha value is -1.34. The molecule has 0 aromatic rings. The molecule has 0 spiro atoms. The Morgan fingerprint density at radius 1 is 1.38 bits per heavy atom.